The minimum Gasteiger partial charge on any atom is -0.320 e. The Morgan fingerprint density at radius 3 is 2.83 bits per heavy atom. The summed E-state index contributed by atoms with van der Waals surface area (Å²) in [5, 5.41) is 10.8. The maximum Gasteiger partial charge on any atom is 0.247 e. The van der Waals surface area contributed by atoms with E-state index in [9.17, 15) is 9.59 Å². The molecule has 3 rings (SSSR count). The monoisotopic (exact) mass is 249 g/mol. The van der Waals surface area contributed by atoms with Gasteiger partial charge in [-0.3, -0.25) is 19.8 Å². The van der Waals surface area contributed by atoms with E-state index in [1.165, 1.54) is 4.90 Å². The molecule has 0 spiro atoms. The third kappa shape index (κ3) is 1.90. The van der Waals surface area contributed by atoms with Crippen molar-refractivity contribution in [3.05, 3.63) is 12.2 Å². The lowest BCUT2D eigenvalue weighted by Gasteiger charge is -2.14. The molecule has 7 heteroatoms. The molecular formula is C11H15N5O2. The summed E-state index contributed by atoms with van der Waals surface area (Å²) in [6.45, 7) is 0.443. The standard InChI is InChI=1S/C11H15N5O2/c1-15-6-13-14-9(15)5-12-8-4-10(17)16(11(8)18)7-2-3-7/h6-8,12H,2-5H2,1H3. The molecule has 2 heterocycles. The second kappa shape index (κ2) is 4.16. The zero-order valence-corrected chi connectivity index (χ0v) is 10.2. The molecule has 2 aliphatic rings. The van der Waals surface area contributed by atoms with Crippen molar-refractivity contribution in [1.29, 1.82) is 0 Å². The van der Waals surface area contributed by atoms with Crippen molar-refractivity contribution in [2.45, 2.75) is 37.9 Å². The van der Waals surface area contributed by atoms with Crippen LogP contribution in [0.3, 0.4) is 0 Å². The Bertz CT molecular complexity index is 493. The summed E-state index contributed by atoms with van der Waals surface area (Å²) < 4.78 is 1.78. The van der Waals surface area contributed by atoms with Crippen LogP contribution in [0.2, 0.25) is 0 Å². The third-order valence-electron chi connectivity index (χ3n) is 3.41. The Balaban J connectivity index is 1.62. The molecule has 2 amide bonds. The lowest BCUT2D eigenvalue weighted by Crippen LogP contribution is -2.39. The highest BCUT2D eigenvalue weighted by atomic mass is 16.2. The first kappa shape index (κ1) is 11.3. The number of carbonyl (C=O) groups is 2. The average Bonchev–Trinajstić information content (AvgIpc) is 3.01. The number of carbonyl (C=O) groups excluding carboxylic acids is 2. The maximum absolute atomic E-state index is 12.0. The quantitative estimate of drug-likeness (QED) is 0.706. The second-order valence-corrected chi connectivity index (χ2v) is 4.83. The van der Waals surface area contributed by atoms with Crippen LogP contribution in [-0.4, -0.2) is 43.6 Å². The lowest BCUT2D eigenvalue weighted by atomic mass is 10.2. The van der Waals surface area contributed by atoms with Crippen LogP contribution in [0.25, 0.3) is 0 Å². The maximum atomic E-state index is 12.0. The summed E-state index contributed by atoms with van der Waals surface area (Å²) in [5.41, 5.74) is 0. The van der Waals surface area contributed by atoms with Gasteiger partial charge in [-0.15, -0.1) is 10.2 Å². The van der Waals surface area contributed by atoms with E-state index in [4.69, 9.17) is 0 Å². The smallest absolute Gasteiger partial charge is 0.247 e. The van der Waals surface area contributed by atoms with Gasteiger partial charge in [0.2, 0.25) is 11.8 Å². The van der Waals surface area contributed by atoms with Crippen LogP contribution in [0.4, 0.5) is 0 Å². The zero-order chi connectivity index (χ0) is 12.7. The number of amides is 2. The van der Waals surface area contributed by atoms with Crippen LogP contribution in [-0.2, 0) is 23.2 Å². The van der Waals surface area contributed by atoms with Gasteiger partial charge in [-0.05, 0) is 12.8 Å². The van der Waals surface area contributed by atoms with E-state index in [0.29, 0.717) is 6.54 Å². The minimum absolute atomic E-state index is 0.0574. The van der Waals surface area contributed by atoms with Crippen LogP contribution in [0, 0.1) is 0 Å². The van der Waals surface area contributed by atoms with E-state index >= 15 is 0 Å². The molecular weight excluding hydrogens is 234 g/mol. The number of hydrogen-bond acceptors (Lipinski definition) is 5. The fourth-order valence-electron chi connectivity index (χ4n) is 2.21. The van der Waals surface area contributed by atoms with E-state index in [1.807, 2.05) is 7.05 Å². The van der Waals surface area contributed by atoms with Gasteiger partial charge in [0.1, 0.15) is 12.2 Å². The molecule has 18 heavy (non-hydrogen) atoms. The molecule has 1 aromatic heterocycles. The van der Waals surface area contributed by atoms with Gasteiger partial charge >= 0.3 is 0 Å². The van der Waals surface area contributed by atoms with Crippen molar-refractivity contribution in [3.63, 3.8) is 0 Å². The fourth-order valence-corrected chi connectivity index (χ4v) is 2.21. The topological polar surface area (TPSA) is 80.1 Å². The first-order valence-corrected chi connectivity index (χ1v) is 6.09. The van der Waals surface area contributed by atoms with Crippen LogP contribution in [0.15, 0.2) is 6.33 Å². The summed E-state index contributed by atoms with van der Waals surface area (Å²) in [6, 6.07) is -0.249. The number of hydrogen-bond donors (Lipinski definition) is 1. The average molecular weight is 249 g/mol. The van der Waals surface area contributed by atoms with Crippen molar-refractivity contribution in [2.24, 2.45) is 7.05 Å². The molecule has 0 bridgehead atoms. The molecule has 1 aliphatic carbocycles. The summed E-state index contributed by atoms with van der Waals surface area (Å²) in [4.78, 5) is 25.2. The number of likely N-dealkylation sites (tertiary alicyclic amines) is 1. The fraction of sp³-hybridized carbons (Fsp3) is 0.636. The Morgan fingerprint density at radius 1 is 1.44 bits per heavy atom. The van der Waals surface area contributed by atoms with Crippen molar-refractivity contribution in [3.8, 4) is 0 Å². The Morgan fingerprint density at radius 2 is 2.22 bits per heavy atom. The summed E-state index contributed by atoms with van der Waals surface area (Å²) >= 11 is 0. The van der Waals surface area contributed by atoms with Gasteiger partial charge in [0.05, 0.1) is 19.0 Å². The molecule has 1 atom stereocenters. The first-order valence-electron chi connectivity index (χ1n) is 6.09. The number of nitrogens with one attached hydrogen (secondary N) is 1. The second-order valence-electron chi connectivity index (χ2n) is 4.83. The highest BCUT2D eigenvalue weighted by Gasteiger charge is 2.45. The summed E-state index contributed by atoms with van der Waals surface area (Å²) in [7, 11) is 1.84. The molecule has 96 valence electrons. The van der Waals surface area contributed by atoms with Crippen LogP contribution < -0.4 is 5.32 Å². The van der Waals surface area contributed by atoms with Crippen molar-refractivity contribution in [1.82, 2.24) is 25.0 Å². The van der Waals surface area contributed by atoms with Gasteiger partial charge in [-0.2, -0.15) is 0 Å². The van der Waals surface area contributed by atoms with E-state index in [-0.39, 0.29) is 24.3 Å². The molecule has 1 unspecified atom stereocenters. The number of nitrogens with zero attached hydrogens (tertiary/aromatic N) is 4. The molecule has 1 aliphatic heterocycles. The number of rotatable bonds is 4. The van der Waals surface area contributed by atoms with Gasteiger partial charge < -0.3 is 4.57 Å². The minimum atomic E-state index is -0.408. The lowest BCUT2D eigenvalue weighted by molar-refractivity contribution is -0.139. The van der Waals surface area contributed by atoms with E-state index in [2.05, 4.69) is 15.5 Å². The number of imide groups is 1. The van der Waals surface area contributed by atoms with Crippen molar-refractivity contribution in [2.75, 3.05) is 0 Å². The summed E-state index contributed by atoms with van der Waals surface area (Å²) in [6.07, 6.45) is 3.77. The van der Waals surface area contributed by atoms with E-state index < -0.39 is 6.04 Å². The van der Waals surface area contributed by atoms with E-state index in [1.54, 1.807) is 10.9 Å². The van der Waals surface area contributed by atoms with Crippen LogP contribution in [0.5, 0.6) is 0 Å². The number of aromatic nitrogens is 3. The summed E-state index contributed by atoms with van der Waals surface area (Å²) in [5.74, 6) is 0.600. The Kier molecular flexibility index (Phi) is 2.62. The number of aryl methyl sites for hydroxylation is 1. The molecule has 7 nitrogen and oxygen atoms in total. The Labute approximate surface area is 104 Å². The van der Waals surface area contributed by atoms with Gasteiger partial charge in [-0.25, -0.2) is 0 Å². The van der Waals surface area contributed by atoms with Gasteiger partial charge in [0.15, 0.2) is 0 Å². The van der Waals surface area contributed by atoms with Crippen molar-refractivity contribution < 1.29 is 9.59 Å². The molecule has 1 saturated carbocycles. The molecule has 1 N–H and O–H groups in total. The Hall–Kier alpha value is -1.76. The molecule has 0 aromatic carbocycles. The molecule has 1 aromatic rings. The largest absolute Gasteiger partial charge is 0.320 e. The van der Waals surface area contributed by atoms with Gasteiger partial charge in [0, 0.05) is 13.1 Å². The van der Waals surface area contributed by atoms with E-state index in [0.717, 1.165) is 18.7 Å². The van der Waals surface area contributed by atoms with Gasteiger partial charge in [0.25, 0.3) is 0 Å². The van der Waals surface area contributed by atoms with Crippen molar-refractivity contribution >= 4 is 11.8 Å². The first-order chi connectivity index (χ1) is 8.66. The van der Waals surface area contributed by atoms with Crippen LogP contribution >= 0.6 is 0 Å². The zero-order valence-electron chi connectivity index (χ0n) is 10.2. The predicted molar refractivity (Wildman–Crippen MR) is 61.1 cm³/mol. The highest BCUT2D eigenvalue weighted by Crippen LogP contribution is 2.31. The van der Waals surface area contributed by atoms with Gasteiger partial charge in [-0.1, -0.05) is 0 Å². The molecule has 1 saturated heterocycles. The predicted octanol–water partition coefficient (Wildman–Crippen LogP) is -0.805. The normalized spacial score (nSPS) is 24.1. The SMILES string of the molecule is Cn1cnnc1CNC1CC(=O)N(C2CC2)C1=O. The highest BCUT2D eigenvalue weighted by molar-refractivity contribution is 6.06. The third-order valence-corrected chi connectivity index (χ3v) is 3.41. The molecule has 0 radical (unpaired) electrons. The molecule has 2 fully saturated rings. The van der Waals surface area contributed by atoms with Crippen LogP contribution in [0.1, 0.15) is 25.1 Å².